The van der Waals surface area contributed by atoms with Crippen LogP contribution in [0.4, 0.5) is 5.82 Å². The summed E-state index contributed by atoms with van der Waals surface area (Å²) in [6, 6.07) is 1.38. The molecule has 6 heteroatoms. The Bertz CT molecular complexity index is 552. The van der Waals surface area contributed by atoms with Crippen LogP contribution in [0.25, 0.3) is 0 Å². The predicted molar refractivity (Wildman–Crippen MR) is 72.6 cm³/mol. The van der Waals surface area contributed by atoms with E-state index in [1.165, 1.54) is 15.2 Å². The van der Waals surface area contributed by atoms with E-state index < -0.39 is 0 Å². The Hall–Kier alpha value is -1.85. The van der Waals surface area contributed by atoms with Gasteiger partial charge in [0.05, 0.1) is 6.34 Å². The highest BCUT2D eigenvalue weighted by Crippen LogP contribution is 2.03. The van der Waals surface area contributed by atoms with Crippen LogP contribution < -0.4 is 11.2 Å². The summed E-state index contributed by atoms with van der Waals surface area (Å²) in [4.78, 5) is 29.7. The van der Waals surface area contributed by atoms with Gasteiger partial charge in [-0.1, -0.05) is 13.8 Å². The van der Waals surface area contributed by atoms with Crippen molar-refractivity contribution in [3.63, 3.8) is 0 Å². The first-order valence-electron chi connectivity index (χ1n) is 5.84. The van der Waals surface area contributed by atoms with Gasteiger partial charge < -0.3 is 4.90 Å². The van der Waals surface area contributed by atoms with Crippen molar-refractivity contribution in [1.82, 2.24) is 14.0 Å². The Morgan fingerprint density at radius 2 is 2.00 bits per heavy atom. The fourth-order valence-electron chi connectivity index (χ4n) is 1.49. The average molecular weight is 252 g/mol. The molecule has 0 unspecified atom stereocenters. The topological polar surface area (TPSA) is 59.6 Å². The molecule has 0 aromatic carbocycles. The zero-order valence-electron chi connectivity index (χ0n) is 11.5. The molecule has 6 nitrogen and oxygen atoms in total. The lowest BCUT2D eigenvalue weighted by molar-refractivity contribution is 0.480. The first-order chi connectivity index (χ1) is 8.32. The number of rotatable bonds is 4. The Labute approximate surface area is 106 Å². The zero-order chi connectivity index (χ0) is 13.9. The smallest absolute Gasteiger partial charge is 0.332 e. The molecule has 1 aromatic rings. The van der Waals surface area contributed by atoms with Gasteiger partial charge in [0.1, 0.15) is 5.82 Å². The lowest BCUT2D eigenvalue weighted by Crippen LogP contribution is -2.39. The molecular weight excluding hydrogens is 232 g/mol. The van der Waals surface area contributed by atoms with E-state index in [0.717, 1.165) is 0 Å². The second kappa shape index (κ2) is 5.66. The van der Waals surface area contributed by atoms with Gasteiger partial charge in [-0.05, 0) is 5.92 Å². The first kappa shape index (κ1) is 14.2. The third-order valence-corrected chi connectivity index (χ3v) is 2.35. The molecule has 0 spiro atoms. The number of aromatic nitrogens is 2. The van der Waals surface area contributed by atoms with E-state index in [1.54, 1.807) is 18.3 Å². The van der Waals surface area contributed by atoms with Crippen molar-refractivity contribution < 1.29 is 0 Å². The Morgan fingerprint density at radius 3 is 2.50 bits per heavy atom. The van der Waals surface area contributed by atoms with Crippen molar-refractivity contribution in [3.8, 4) is 0 Å². The van der Waals surface area contributed by atoms with Crippen LogP contribution in [0.1, 0.15) is 13.8 Å². The molecular formula is C12H20N4O2. The summed E-state index contributed by atoms with van der Waals surface area (Å²) < 4.78 is 2.61. The summed E-state index contributed by atoms with van der Waals surface area (Å²) in [6.45, 7) is 4.34. The quantitative estimate of drug-likeness (QED) is 0.576. The highest BCUT2D eigenvalue weighted by atomic mass is 16.2. The van der Waals surface area contributed by atoms with Crippen molar-refractivity contribution >= 4 is 12.2 Å². The molecule has 0 saturated carbocycles. The van der Waals surface area contributed by atoms with Crippen LogP contribution in [0.2, 0.25) is 0 Å². The number of nitrogens with zero attached hydrogens (tertiary/aromatic N) is 4. The van der Waals surface area contributed by atoms with E-state index in [1.807, 2.05) is 27.9 Å². The van der Waals surface area contributed by atoms with Crippen LogP contribution in [0.15, 0.2) is 20.6 Å². The van der Waals surface area contributed by atoms with Crippen molar-refractivity contribution in [1.29, 1.82) is 0 Å². The minimum Gasteiger partial charge on any atom is -0.369 e. The third-order valence-electron chi connectivity index (χ3n) is 2.35. The molecule has 0 radical (unpaired) electrons. The molecule has 0 aliphatic rings. The van der Waals surface area contributed by atoms with Gasteiger partial charge in [-0.15, -0.1) is 0 Å². The number of aliphatic imine (C=N–C) groups is 1. The fourth-order valence-corrected chi connectivity index (χ4v) is 1.49. The molecule has 0 amide bonds. The zero-order valence-corrected chi connectivity index (χ0v) is 11.5. The lowest BCUT2D eigenvalue weighted by Gasteiger charge is -2.11. The second-order valence-corrected chi connectivity index (χ2v) is 4.89. The van der Waals surface area contributed by atoms with Crippen LogP contribution >= 0.6 is 0 Å². The molecule has 0 saturated heterocycles. The molecule has 0 aliphatic carbocycles. The van der Waals surface area contributed by atoms with Crippen LogP contribution in [0, 0.1) is 5.92 Å². The van der Waals surface area contributed by atoms with Gasteiger partial charge in [0.15, 0.2) is 0 Å². The Morgan fingerprint density at radius 1 is 1.39 bits per heavy atom. The van der Waals surface area contributed by atoms with Crippen molar-refractivity contribution in [3.05, 3.63) is 26.9 Å². The minimum atomic E-state index is -0.331. The van der Waals surface area contributed by atoms with E-state index in [2.05, 4.69) is 4.99 Å². The summed E-state index contributed by atoms with van der Waals surface area (Å²) in [6.07, 6.45) is 1.56. The first-order valence-corrected chi connectivity index (χ1v) is 5.84. The minimum absolute atomic E-state index is 0.242. The maximum Gasteiger partial charge on any atom is 0.332 e. The summed E-state index contributed by atoms with van der Waals surface area (Å²) in [7, 11) is 5.25. The van der Waals surface area contributed by atoms with Crippen molar-refractivity contribution in [2.45, 2.75) is 20.4 Å². The van der Waals surface area contributed by atoms with Gasteiger partial charge in [-0.25, -0.2) is 9.79 Å². The largest absolute Gasteiger partial charge is 0.369 e. The van der Waals surface area contributed by atoms with Crippen LogP contribution in [0.5, 0.6) is 0 Å². The van der Waals surface area contributed by atoms with E-state index in [0.29, 0.717) is 12.4 Å². The van der Waals surface area contributed by atoms with Crippen LogP contribution in [0.3, 0.4) is 0 Å². The third kappa shape index (κ3) is 3.32. The Kier molecular flexibility index (Phi) is 4.47. The molecule has 1 heterocycles. The highest BCUT2D eigenvalue weighted by molar-refractivity contribution is 5.58. The van der Waals surface area contributed by atoms with E-state index in [9.17, 15) is 9.59 Å². The number of hydrogen-bond donors (Lipinski definition) is 0. The molecule has 100 valence electrons. The molecule has 0 bridgehead atoms. The van der Waals surface area contributed by atoms with Crippen LogP contribution in [-0.4, -0.2) is 34.5 Å². The maximum absolute atomic E-state index is 12.0. The average Bonchev–Trinajstić information content (AvgIpc) is 2.27. The van der Waals surface area contributed by atoms with Gasteiger partial charge in [-0.3, -0.25) is 13.9 Å². The molecule has 1 aromatic heterocycles. The highest BCUT2D eigenvalue weighted by Gasteiger charge is 2.08. The summed E-state index contributed by atoms with van der Waals surface area (Å²) >= 11 is 0. The summed E-state index contributed by atoms with van der Waals surface area (Å²) in [5.41, 5.74) is -0.639. The molecule has 1 rings (SSSR count). The van der Waals surface area contributed by atoms with Crippen molar-refractivity contribution in [2.75, 3.05) is 14.1 Å². The summed E-state index contributed by atoms with van der Waals surface area (Å²) in [5.74, 6) is 0.602. The molecule has 18 heavy (non-hydrogen) atoms. The molecule has 0 N–H and O–H groups in total. The van der Waals surface area contributed by atoms with Gasteiger partial charge in [0, 0.05) is 33.8 Å². The van der Waals surface area contributed by atoms with Crippen molar-refractivity contribution in [2.24, 2.45) is 18.0 Å². The monoisotopic (exact) mass is 252 g/mol. The molecule has 0 aliphatic heterocycles. The standard InChI is InChI=1S/C12H20N4O2/c1-9(2)7-16-11(17)6-10(13-8-14(3)4)15(5)12(16)18/h6,8-9H,7H2,1-5H3. The van der Waals surface area contributed by atoms with Gasteiger partial charge in [-0.2, -0.15) is 0 Å². The van der Waals surface area contributed by atoms with Gasteiger partial charge in [0.2, 0.25) is 0 Å². The van der Waals surface area contributed by atoms with Crippen LogP contribution in [-0.2, 0) is 13.6 Å². The fraction of sp³-hybridized carbons (Fsp3) is 0.583. The van der Waals surface area contributed by atoms with Gasteiger partial charge in [0.25, 0.3) is 5.56 Å². The second-order valence-electron chi connectivity index (χ2n) is 4.89. The SMILES string of the molecule is CC(C)Cn1c(=O)cc(N=CN(C)C)n(C)c1=O. The summed E-state index contributed by atoms with van der Waals surface area (Å²) in [5, 5.41) is 0. The van der Waals surface area contributed by atoms with Gasteiger partial charge >= 0.3 is 5.69 Å². The normalized spacial score (nSPS) is 11.4. The predicted octanol–water partition coefficient (Wildman–Crippen LogP) is 0.424. The maximum atomic E-state index is 12.0. The van der Waals surface area contributed by atoms with E-state index >= 15 is 0 Å². The van der Waals surface area contributed by atoms with E-state index in [-0.39, 0.29) is 17.2 Å². The molecule has 0 fully saturated rings. The number of hydrogen-bond acceptors (Lipinski definition) is 3. The molecule has 0 atom stereocenters. The van der Waals surface area contributed by atoms with E-state index in [4.69, 9.17) is 0 Å². The Balaban J connectivity index is 3.29. The lowest BCUT2D eigenvalue weighted by atomic mass is 10.2.